The minimum absolute atomic E-state index is 0.143. The number of hydrogen-bond donors (Lipinski definition) is 1. The highest BCUT2D eigenvalue weighted by atomic mass is 35.5. The molecule has 0 bridgehead atoms. The molecule has 2 aromatic rings. The number of hydrogen-bond acceptors (Lipinski definition) is 5. The molecule has 6 nitrogen and oxygen atoms in total. The molecule has 0 radical (unpaired) electrons. The highest BCUT2D eigenvalue weighted by Crippen LogP contribution is 2.28. The predicted octanol–water partition coefficient (Wildman–Crippen LogP) is 3.16. The van der Waals surface area contributed by atoms with Gasteiger partial charge in [0.2, 0.25) is 0 Å². The summed E-state index contributed by atoms with van der Waals surface area (Å²) >= 11 is 6.74. The molecule has 116 valence electrons. The molecule has 1 aliphatic heterocycles. The van der Waals surface area contributed by atoms with Gasteiger partial charge in [0.25, 0.3) is 10.0 Å². The van der Waals surface area contributed by atoms with Crippen molar-refractivity contribution < 1.29 is 17.9 Å². The van der Waals surface area contributed by atoms with Crippen molar-refractivity contribution in [2.45, 2.75) is 4.21 Å². The number of benzene rings is 1. The van der Waals surface area contributed by atoms with Crippen LogP contribution < -0.4 is 9.62 Å². The van der Waals surface area contributed by atoms with Crippen molar-refractivity contribution in [3.63, 3.8) is 0 Å². The molecule has 0 aliphatic carbocycles. The highest BCUT2D eigenvalue weighted by Gasteiger charge is 2.23. The van der Waals surface area contributed by atoms with Gasteiger partial charge in [0.15, 0.2) is 0 Å². The predicted molar refractivity (Wildman–Crippen MR) is 85.3 cm³/mol. The van der Waals surface area contributed by atoms with E-state index in [4.69, 9.17) is 16.3 Å². The zero-order valence-corrected chi connectivity index (χ0v) is 13.5. The first-order valence-electron chi connectivity index (χ1n) is 6.28. The van der Waals surface area contributed by atoms with Gasteiger partial charge in [0.1, 0.15) is 10.8 Å². The number of thiophene rings is 1. The largest absolute Gasteiger partial charge is 0.447 e. The van der Waals surface area contributed by atoms with E-state index in [2.05, 4.69) is 4.72 Å². The Morgan fingerprint density at radius 2 is 1.91 bits per heavy atom. The summed E-state index contributed by atoms with van der Waals surface area (Å²) in [6.45, 7) is 0.837. The van der Waals surface area contributed by atoms with Crippen molar-refractivity contribution in [2.75, 3.05) is 22.8 Å². The Kier molecular flexibility index (Phi) is 3.98. The van der Waals surface area contributed by atoms with Crippen LogP contribution >= 0.6 is 22.9 Å². The summed E-state index contributed by atoms with van der Waals surface area (Å²) in [6.07, 6.45) is -0.401. The molecule has 1 aromatic carbocycles. The normalized spacial score (nSPS) is 15.0. The average Bonchev–Trinajstić information content (AvgIpc) is 3.08. The van der Waals surface area contributed by atoms with Crippen molar-refractivity contribution >= 4 is 50.4 Å². The van der Waals surface area contributed by atoms with Crippen LogP contribution in [0, 0.1) is 0 Å². The Balaban J connectivity index is 1.77. The summed E-state index contributed by atoms with van der Waals surface area (Å²) in [6, 6.07) is 9.48. The van der Waals surface area contributed by atoms with Gasteiger partial charge in [-0.25, -0.2) is 13.2 Å². The Labute approximate surface area is 136 Å². The third-order valence-electron chi connectivity index (χ3n) is 3.01. The summed E-state index contributed by atoms with van der Waals surface area (Å²) in [5.74, 6) is 0. The third kappa shape index (κ3) is 3.03. The van der Waals surface area contributed by atoms with Crippen molar-refractivity contribution in [3.05, 3.63) is 40.7 Å². The Hall–Kier alpha value is -1.77. The molecular formula is C13H11ClN2O4S2. The van der Waals surface area contributed by atoms with E-state index in [9.17, 15) is 13.2 Å². The zero-order chi connectivity index (χ0) is 15.7. The van der Waals surface area contributed by atoms with E-state index in [1.54, 1.807) is 24.3 Å². The first-order chi connectivity index (χ1) is 10.5. The standard InChI is InChI=1S/C13H11ClN2O4S2/c14-11-5-6-12(21-11)22(18,19)15-9-1-3-10(4-2-9)16-7-8-20-13(16)17/h1-6,15H,7-8H2. The first-order valence-corrected chi connectivity index (χ1v) is 8.96. The number of halogens is 1. The Morgan fingerprint density at radius 3 is 2.45 bits per heavy atom. The molecule has 1 amide bonds. The topological polar surface area (TPSA) is 75.7 Å². The van der Waals surface area contributed by atoms with Gasteiger partial charge < -0.3 is 4.74 Å². The van der Waals surface area contributed by atoms with E-state index >= 15 is 0 Å². The monoisotopic (exact) mass is 358 g/mol. The molecule has 1 aromatic heterocycles. The Morgan fingerprint density at radius 1 is 1.18 bits per heavy atom. The molecule has 0 saturated carbocycles. The first kappa shape index (κ1) is 15.1. The SMILES string of the molecule is O=C1OCCN1c1ccc(NS(=O)(=O)c2ccc(Cl)s2)cc1. The minimum atomic E-state index is -3.66. The van der Waals surface area contributed by atoms with Gasteiger partial charge in [-0.05, 0) is 36.4 Å². The van der Waals surface area contributed by atoms with Gasteiger partial charge >= 0.3 is 6.09 Å². The second-order valence-electron chi connectivity index (χ2n) is 4.48. The summed E-state index contributed by atoms with van der Waals surface area (Å²) in [4.78, 5) is 12.9. The number of cyclic esters (lactones) is 1. The summed E-state index contributed by atoms with van der Waals surface area (Å²) in [5, 5.41) is 0. The second-order valence-corrected chi connectivity index (χ2v) is 8.10. The van der Waals surface area contributed by atoms with Crippen LogP contribution in [0.25, 0.3) is 0 Å². The summed E-state index contributed by atoms with van der Waals surface area (Å²) in [5.41, 5.74) is 1.06. The average molecular weight is 359 g/mol. The van der Waals surface area contributed by atoms with E-state index < -0.39 is 16.1 Å². The van der Waals surface area contributed by atoms with Crippen LogP contribution in [-0.2, 0) is 14.8 Å². The van der Waals surface area contributed by atoms with Crippen LogP contribution in [-0.4, -0.2) is 27.7 Å². The van der Waals surface area contributed by atoms with E-state index in [-0.39, 0.29) is 4.21 Å². The van der Waals surface area contributed by atoms with Gasteiger partial charge in [-0.2, -0.15) is 0 Å². The third-order valence-corrected chi connectivity index (χ3v) is 6.11. The van der Waals surface area contributed by atoms with E-state index in [1.165, 1.54) is 17.0 Å². The van der Waals surface area contributed by atoms with Crippen LogP contribution in [0.3, 0.4) is 0 Å². The van der Waals surface area contributed by atoms with E-state index in [0.717, 1.165) is 11.3 Å². The number of nitrogens with one attached hydrogen (secondary N) is 1. The summed E-state index contributed by atoms with van der Waals surface area (Å²) in [7, 11) is -3.66. The maximum absolute atomic E-state index is 12.2. The molecule has 2 heterocycles. The van der Waals surface area contributed by atoms with Gasteiger partial charge in [-0.15, -0.1) is 11.3 Å². The van der Waals surface area contributed by atoms with Crippen molar-refractivity contribution in [2.24, 2.45) is 0 Å². The number of carbonyl (C=O) groups is 1. The maximum Gasteiger partial charge on any atom is 0.414 e. The fourth-order valence-electron chi connectivity index (χ4n) is 1.98. The van der Waals surface area contributed by atoms with Crippen LogP contribution in [0.15, 0.2) is 40.6 Å². The van der Waals surface area contributed by atoms with Crippen molar-refractivity contribution in [3.8, 4) is 0 Å². The maximum atomic E-state index is 12.2. The lowest BCUT2D eigenvalue weighted by molar-refractivity contribution is 0.181. The number of sulfonamides is 1. The van der Waals surface area contributed by atoms with Gasteiger partial charge in [-0.1, -0.05) is 11.6 Å². The number of nitrogens with zero attached hydrogens (tertiary/aromatic N) is 1. The molecule has 0 unspecified atom stereocenters. The lowest BCUT2D eigenvalue weighted by atomic mass is 10.2. The van der Waals surface area contributed by atoms with Crippen LogP contribution in [0.4, 0.5) is 16.2 Å². The molecule has 3 rings (SSSR count). The summed E-state index contributed by atoms with van der Waals surface area (Å²) < 4.78 is 32.2. The second kappa shape index (κ2) is 5.79. The van der Waals surface area contributed by atoms with Crippen LogP contribution in [0.5, 0.6) is 0 Å². The molecule has 1 N–H and O–H groups in total. The molecule has 1 fully saturated rings. The van der Waals surface area contributed by atoms with E-state index in [1.807, 2.05) is 0 Å². The molecule has 1 aliphatic rings. The zero-order valence-electron chi connectivity index (χ0n) is 11.2. The fraction of sp³-hybridized carbons (Fsp3) is 0.154. The van der Waals surface area contributed by atoms with Gasteiger partial charge in [0.05, 0.1) is 10.9 Å². The molecule has 1 saturated heterocycles. The fourth-order valence-corrected chi connectivity index (χ4v) is 4.53. The number of carbonyl (C=O) groups excluding carboxylic acids is 1. The number of rotatable bonds is 4. The van der Waals surface area contributed by atoms with Crippen LogP contribution in [0.2, 0.25) is 4.34 Å². The van der Waals surface area contributed by atoms with Crippen molar-refractivity contribution in [1.29, 1.82) is 0 Å². The van der Waals surface area contributed by atoms with Crippen LogP contribution in [0.1, 0.15) is 0 Å². The van der Waals surface area contributed by atoms with Crippen molar-refractivity contribution in [1.82, 2.24) is 0 Å². The number of amides is 1. The minimum Gasteiger partial charge on any atom is -0.447 e. The lowest BCUT2D eigenvalue weighted by Gasteiger charge is -2.13. The van der Waals surface area contributed by atoms with Gasteiger partial charge in [0, 0.05) is 11.4 Å². The Bertz CT molecular complexity index is 802. The smallest absolute Gasteiger partial charge is 0.414 e. The quantitative estimate of drug-likeness (QED) is 0.910. The highest BCUT2D eigenvalue weighted by molar-refractivity contribution is 7.94. The van der Waals surface area contributed by atoms with Gasteiger partial charge in [-0.3, -0.25) is 9.62 Å². The molecule has 0 atom stereocenters. The van der Waals surface area contributed by atoms with E-state index in [0.29, 0.717) is 28.9 Å². The molecule has 9 heteroatoms. The number of anilines is 2. The molecular weight excluding hydrogens is 348 g/mol. The number of ether oxygens (including phenoxy) is 1. The molecule has 22 heavy (non-hydrogen) atoms. The molecule has 0 spiro atoms. The lowest BCUT2D eigenvalue weighted by Crippen LogP contribution is -2.23.